The number of benzene rings is 3. The second kappa shape index (κ2) is 6.82. The van der Waals surface area contributed by atoms with E-state index in [4.69, 9.17) is 0 Å². The molecule has 1 aromatic heterocycles. The minimum atomic E-state index is 0.449. The van der Waals surface area contributed by atoms with E-state index in [0.29, 0.717) is 5.95 Å². The zero-order valence-electron chi connectivity index (χ0n) is 13.0. The van der Waals surface area contributed by atoms with Crippen LogP contribution < -0.4 is 5.32 Å². The number of nitrogens with zero attached hydrogens (tertiary/aromatic N) is 5. The number of hydrogen-bond donors (Lipinski definition) is 1. The molecule has 4 aromatic rings. The Hall–Kier alpha value is -3.06. The third-order valence-electron chi connectivity index (χ3n) is 3.68. The number of aromatic nitrogens is 4. The van der Waals surface area contributed by atoms with Gasteiger partial charge in [0.05, 0.1) is 6.21 Å². The molecular formula is C18H13BrN6. The summed E-state index contributed by atoms with van der Waals surface area (Å²) in [6, 6.07) is 22.0. The molecule has 122 valence electrons. The quantitative estimate of drug-likeness (QED) is 0.528. The third kappa shape index (κ3) is 3.41. The van der Waals surface area contributed by atoms with Crippen molar-refractivity contribution >= 4 is 44.6 Å². The Morgan fingerprint density at radius 1 is 0.960 bits per heavy atom. The fourth-order valence-electron chi connectivity index (χ4n) is 2.46. The van der Waals surface area contributed by atoms with Crippen molar-refractivity contribution in [2.45, 2.75) is 0 Å². The monoisotopic (exact) mass is 392 g/mol. The zero-order chi connectivity index (χ0) is 17.1. The van der Waals surface area contributed by atoms with Gasteiger partial charge in [-0.1, -0.05) is 74.4 Å². The summed E-state index contributed by atoms with van der Waals surface area (Å²) in [5.74, 6) is 0.449. The molecule has 0 spiro atoms. The lowest BCUT2D eigenvalue weighted by molar-refractivity contribution is 0.699. The van der Waals surface area contributed by atoms with Crippen LogP contribution in [-0.2, 0) is 0 Å². The minimum absolute atomic E-state index is 0.449. The average molecular weight is 393 g/mol. The number of fused-ring (bicyclic) bond motifs is 1. The molecule has 6 nitrogen and oxygen atoms in total. The minimum Gasteiger partial charge on any atom is -0.321 e. The van der Waals surface area contributed by atoms with Crippen molar-refractivity contribution in [3.8, 4) is 0 Å². The van der Waals surface area contributed by atoms with Crippen molar-refractivity contribution < 1.29 is 0 Å². The molecule has 0 unspecified atom stereocenters. The van der Waals surface area contributed by atoms with Crippen LogP contribution in [0.2, 0.25) is 0 Å². The van der Waals surface area contributed by atoms with Gasteiger partial charge >= 0.3 is 0 Å². The molecule has 4 rings (SSSR count). The fourth-order valence-corrected chi connectivity index (χ4v) is 2.72. The van der Waals surface area contributed by atoms with Gasteiger partial charge in [-0.15, -0.1) is 0 Å². The Morgan fingerprint density at radius 2 is 1.76 bits per heavy atom. The van der Waals surface area contributed by atoms with Crippen LogP contribution in [0.5, 0.6) is 0 Å². The highest BCUT2D eigenvalue weighted by Gasteiger charge is 2.07. The number of rotatable bonds is 4. The fraction of sp³-hybridized carbons (Fsp3) is 0. The molecule has 0 fully saturated rings. The van der Waals surface area contributed by atoms with Gasteiger partial charge < -0.3 is 5.32 Å². The van der Waals surface area contributed by atoms with Crippen molar-refractivity contribution in [2.24, 2.45) is 5.10 Å². The molecule has 1 heterocycles. The number of halogens is 1. The van der Waals surface area contributed by atoms with Crippen LogP contribution >= 0.6 is 15.9 Å². The number of anilines is 2. The summed E-state index contributed by atoms with van der Waals surface area (Å²) in [6.07, 6.45) is 1.71. The van der Waals surface area contributed by atoms with Gasteiger partial charge in [0.2, 0.25) is 0 Å². The Bertz CT molecular complexity index is 1030. The second-order valence-corrected chi connectivity index (χ2v) is 6.26. The summed E-state index contributed by atoms with van der Waals surface area (Å²) in [5.41, 5.74) is 1.88. The summed E-state index contributed by atoms with van der Waals surface area (Å²) in [6.45, 7) is 0. The van der Waals surface area contributed by atoms with Crippen LogP contribution in [-0.4, -0.2) is 26.5 Å². The Balaban J connectivity index is 1.62. The molecule has 0 radical (unpaired) electrons. The zero-order valence-corrected chi connectivity index (χ0v) is 14.6. The van der Waals surface area contributed by atoms with E-state index in [-0.39, 0.29) is 0 Å². The van der Waals surface area contributed by atoms with E-state index in [2.05, 4.69) is 60.1 Å². The predicted molar refractivity (Wildman–Crippen MR) is 102 cm³/mol. The number of hydrogen-bond acceptors (Lipinski definition) is 5. The molecule has 3 aromatic carbocycles. The van der Waals surface area contributed by atoms with Gasteiger partial charge in [-0.25, -0.2) is 0 Å². The second-order valence-electron chi connectivity index (χ2n) is 5.34. The van der Waals surface area contributed by atoms with Gasteiger partial charge in [-0.3, -0.25) is 0 Å². The van der Waals surface area contributed by atoms with E-state index in [1.165, 1.54) is 4.79 Å². The summed E-state index contributed by atoms with van der Waals surface area (Å²) >= 11 is 3.41. The first-order chi connectivity index (χ1) is 12.3. The molecule has 0 amide bonds. The van der Waals surface area contributed by atoms with Crippen LogP contribution in [0.15, 0.2) is 76.3 Å². The van der Waals surface area contributed by atoms with Crippen LogP contribution in [0.3, 0.4) is 0 Å². The van der Waals surface area contributed by atoms with E-state index >= 15 is 0 Å². The standard InChI is InChI=1S/C18H13BrN6/c19-15-10-8-13(9-11-15)12-20-25-18(22-23-24-25)21-17-7-3-5-14-4-1-2-6-16(14)17/h1-12H,(H,21,22,24). The molecule has 0 aliphatic rings. The molecule has 7 heteroatoms. The topological polar surface area (TPSA) is 68.0 Å². The first kappa shape index (κ1) is 15.5. The molecule has 0 aliphatic carbocycles. The van der Waals surface area contributed by atoms with E-state index < -0.39 is 0 Å². The number of tetrazole rings is 1. The van der Waals surface area contributed by atoms with Crippen molar-refractivity contribution in [1.29, 1.82) is 0 Å². The van der Waals surface area contributed by atoms with Crippen molar-refractivity contribution in [3.05, 3.63) is 76.8 Å². The summed E-state index contributed by atoms with van der Waals surface area (Å²) < 4.78 is 1.02. The van der Waals surface area contributed by atoms with Crippen molar-refractivity contribution in [1.82, 2.24) is 20.3 Å². The van der Waals surface area contributed by atoms with Crippen LogP contribution in [0, 0.1) is 0 Å². The molecule has 0 atom stereocenters. The Kier molecular flexibility index (Phi) is 4.22. The lowest BCUT2D eigenvalue weighted by Gasteiger charge is -2.07. The third-order valence-corrected chi connectivity index (χ3v) is 4.20. The molecule has 0 bridgehead atoms. The van der Waals surface area contributed by atoms with Gasteiger partial charge in [-0.05, 0) is 39.6 Å². The SMILES string of the molecule is Brc1ccc(C=Nn2nnnc2Nc2cccc3ccccc23)cc1. The van der Waals surface area contributed by atoms with Crippen molar-refractivity contribution in [2.75, 3.05) is 5.32 Å². The lowest BCUT2D eigenvalue weighted by atomic mass is 10.1. The van der Waals surface area contributed by atoms with Crippen LogP contribution in [0.25, 0.3) is 10.8 Å². The molecule has 0 saturated heterocycles. The van der Waals surface area contributed by atoms with E-state index in [0.717, 1.165) is 26.5 Å². The van der Waals surface area contributed by atoms with Crippen LogP contribution in [0.1, 0.15) is 5.56 Å². The van der Waals surface area contributed by atoms with Crippen molar-refractivity contribution in [3.63, 3.8) is 0 Å². The average Bonchev–Trinajstić information content (AvgIpc) is 3.09. The van der Waals surface area contributed by atoms with E-state index in [1.54, 1.807) is 6.21 Å². The van der Waals surface area contributed by atoms with Gasteiger partial charge in [0.25, 0.3) is 5.95 Å². The maximum Gasteiger partial charge on any atom is 0.269 e. The normalized spacial score (nSPS) is 11.2. The highest BCUT2D eigenvalue weighted by Crippen LogP contribution is 2.25. The molecule has 1 N–H and O–H groups in total. The van der Waals surface area contributed by atoms with Gasteiger partial charge in [0.1, 0.15) is 0 Å². The Labute approximate surface area is 152 Å². The molecular weight excluding hydrogens is 380 g/mol. The van der Waals surface area contributed by atoms with Gasteiger partial charge in [0.15, 0.2) is 0 Å². The molecule has 25 heavy (non-hydrogen) atoms. The maximum absolute atomic E-state index is 4.32. The summed E-state index contributed by atoms with van der Waals surface area (Å²) in [5, 5.41) is 21.4. The summed E-state index contributed by atoms with van der Waals surface area (Å²) in [7, 11) is 0. The molecule has 0 saturated carbocycles. The van der Waals surface area contributed by atoms with Gasteiger partial charge in [0, 0.05) is 15.5 Å². The Morgan fingerprint density at radius 3 is 2.64 bits per heavy atom. The van der Waals surface area contributed by atoms with Gasteiger partial charge in [-0.2, -0.15) is 5.10 Å². The lowest BCUT2D eigenvalue weighted by Crippen LogP contribution is -2.01. The largest absolute Gasteiger partial charge is 0.321 e. The maximum atomic E-state index is 4.32. The summed E-state index contributed by atoms with van der Waals surface area (Å²) in [4.78, 5) is 1.36. The highest BCUT2D eigenvalue weighted by molar-refractivity contribution is 9.10. The van der Waals surface area contributed by atoms with Crippen LogP contribution in [0.4, 0.5) is 11.6 Å². The van der Waals surface area contributed by atoms with E-state index in [1.807, 2.05) is 48.5 Å². The predicted octanol–water partition coefficient (Wildman–Crippen LogP) is 4.21. The molecule has 0 aliphatic heterocycles. The smallest absolute Gasteiger partial charge is 0.269 e. The highest BCUT2D eigenvalue weighted by atomic mass is 79.9. The first-order valence-corrected chi connectivity index (χ1v) is 8.42. The first-order valence-electron chi connectivity index (χ1n) is 7.63. The number of nitrogens with one attached hydrogen (secondary N) is 1. The van der Waals surface area contributed by atoms with E-state index in [9.17, 15) is 0 Å².